The predicted molar refractivity (Wildman–Crippen MR) is 71.0 cm³/mol. The third kappa shape index (κ3) is 2.76. The summed E-state index contributed by atoms with van der Waals surface area (Å²) in [7, 11) is 3.20. The maximum absolute atomic E-state index is 13.8. The van der Waals surface area contributed by atoms with E-state index in [1.807, 2.05) is 0 Å². The second-order valence-electron chi connectivity index (χ2n) is 4.96. The van der Waals surface area contributed by atoms with E-state index in [-0.39, 0.29) is 36.5 Å². The third-order valence-corrected chi connectivity index (χ3v) is 3.25. The van der Waals surface area contributed by atoms with Crippen LogP contribution in [-0.2, 0) is 9.59 Å². The second kappa shape index (κ2) is 5.59. The van der Waals surface area contributed by atoms with Crippen molar-refractivity contribution in [3.63, 3.8) is 0 Å². The van der Waals surface area contributed by atoms with Gasteiger partial charge in [0.1, 0.15) is 5.82 Å². The van der Waals surface area contributed by atoms with Crippen molar-refractivity contribution in [1.29, 1.82) is 0 Å². The second-order valence-corrected chi connectivity index (χ2v) is 4.96. The van der Waals surface area contributed by atoms with Crippen molar-refractivity contribution in [3.8, 4) is 0 Å². The number of amides is 2. The van der Waals surface area contributed by atoms with Gasteiger partial charge in [-0.3, -0.25) is 14.4 Å². The zero-order chi connectivity index (χ0) is 15.7. The minimum absolute atomic E-state index is 0.0275. The van der Waals surface area contributed by atoms with Gasteiger partial charge in [0.05, 0.1) is 11.3 Å². The molecule has 112 valence electrons. The molecule has 0 unspecified atom stereocenters. The first-order valence-electron chi connectivity index (χ1n) is 6.38. The van der Waals surface area contributed by atoms with E-state index in [1.165, 1.54) is 4.90 Å². The molecule has 5 nitrogen and oxygen atoms in total. The van der Waals surface area contributed by atoms with Crippen LogP contribution < -0.4 is 4.90 Å². The number of ketones is 1. The summed E-state index contributed by atoms with van der Waals surface area (Å²) in [6, 6.07) is 1.48. The lowest BCUT2D eigenvalue weighted by Gasteiger charge is -2.17. The fraction of sp³-hybridized carbons (Fsp3) is 0.357. The van der Waals surface area contributed by atoms with Gasteiger partial charge in [0.25, 0.3) is 11.7 Å². The Balaban J connectivity index is 2.18. The average Bonchev–Trinajstić information content (AvgIpc) is 2.64. The minimum atomic E-state index is -0.955. The quantitative estimate of drug-likeness (QED) is 0.788. The van der Waals surface area contributed by atoms with E-state index >= 15 is 0 Å². The van der Waals surface area contributed by atoms with Crippen molar-refractivity contribution < 1.29 is 23.2 Å². The number of Topliss-reactive ketones (excluding diaryl/α,β-unsaturated/α-hetero) is 1. The molecule has 1 aromatic rings. The first kappa shape index (κ1) is 15.1. The van der Waals surface area contributed by atoms with Gasteiger partial charge in [0, 0.05) is 33.1 Å². The SMILES string of the molecule is CN(C)C(=O)CCCN1C(=O)C(=O)c2cc(F)cc(F)c21. The third-order valence-electron chi connectivity index (χ3n) is 3.25. The Hall–Kier alpha value is -2.31. The van der Waals surface area contributed by atoms with E-state index in [0.29, 0.717) is 6.07 Å². The summed E-state index contributed by atoms with van der Waals surface area (Å²) in [5.74, 6) is -3.82. The highest BCUT2D eigenvalue weighted by Gasteiger charge is 2.38. The highest BCUT2D eigenvalue weighted by atomic mass is 19.1. The van der Waals surface area contributed by atoms with Gasteiger partial charge >= 0.3 is 0 Å². The summed E-state index contributed by atoms with van der Waals surface area (Å²) in [5, 5.41) is 0. The van der Waals surface area contributed by atoms with Crippen LogP contribution in [0.3, 0.4) is 0 Å². The van der Waals surface area contributed by atoms with Crippen molar-refractivity contribution in [2.45, 2.75) is 12.8 Å². The van der Waals surface area contributed by atoms with Gasteiger partial charge < -0.3 is 9.80 Å². The van der Waals surface area contributed by atoms with Gasteiger partial charge in [-0.2, -0.15) is 0 Å². The van der Waals surface area contributed by atoms with E-state index in [2.05, 4.69) is 0 Å². The van der Waals surface area contributed by atoms with E-state index in [4.69, 9.17) is 0 Å². The number of fused-ring (bicyclic) bond motifs is 1. The molecule has 2 rings (SSSR count). The van der Waals surface area contributed by atoms with Crippen LogP contribution in [0.2, 0.25) is 0 Å². The Kier molecular flexibility index (Phi) is 4.02. The normalized spacial score (nSPS) is 13.6. The molecule has 1 aliphatic heterocycles. The lowest BCUT2D eigenvalue weighted by atomic mass is 10.1. The van der Waals surface area contributed by atoms with Crippen molar-refractivity contribution in [1.82, 2.24) is 4.90 Å². The van der Waals surface area contributed by atoms with E-state index in [0.717, 1.165) is 11.0 Å². The topological polar surface area (TPSA) is 57.7 Å². The molecule has 0 atom stereocenters. The maximum atomic E-state index is 13.8. The molecule has 1 aromatic carbocycles. The van der Waals surface area contributed by atoms with E-state index < -0.39 is 23.3 Å². The molecule has 0 bridgehead atoms. The molecule has 0 saturated carbocycles. The van der Waals surface area contributed by atoms with Crippen LogP contribution in [0, 0.1) is 11.6 Å². The number of rotatable bonds is 4. The maximum Gasteiger partial charge on any atom is 0.299 e. The van der Waals surface area contributed by atoms with Crippen LogP contribution in [0.5, 0.6) is 0 Å². The first-order valence-corrected chi connectivity index (χ1v) is 6.38. The summed E-state index contributed by atoms with van der Waals surface area (Å²) >= 11 is 0. The van der Waals surface area contributed by atoms with Gasteiger partial charge in [-0.05, 0) is 12.5 Å². The van der Waals surface area contributed by atoms with Crippen molar-refractivity contribution in [2.75, 3.05) is 25.5 Å². The monoisotopic (exact) mass is 296 g/mol. The number of nitrogens with zero attached hydrogens (tertiary/aromatic N) is 2. The fourth-order valence-electron chi connectivity index (χ4n) is 2.18. The Bertz CT molecular complexity index is 629. The largest absolute Gasteiger partial charge is 0.349 e. The Morgan fingerprint density at radius 1 is 1.24 bits per heavy atom. The average molecular weight is 296 g/mol. The Morgan fingerprint density at radius 3 is 2.52 bits per heavy atom. The van der Waals surface area contributed by atoms with Crippen molar-refractivity contribution in [2.24, 2.45) is 0 Å². The molecule has 1 aliphatic rings. The lowest BCUT2D eigenvalue weighted by Crippen LogP contribution is -2.32. The molecule has 0 fully saturated rings. The van der Waals surface area contributed by atoms with Gasteiger partial charge in [-0.15, -0.1) is 0 Å². The zero-order valence-corrected chi connectivity index (χ0v) is 11.7. The first-order chi connectivity index (χ1) is 9.82. The molecule has 0 aromatic heterocycles. The number of carbonyl (C=O) groups excluding carboxylic acids is 3. The van der Waals surface area contributed by atoms with Gasteiger partial charge in [-0.25, -0.2) is 8.78 Å². The van der Waals surface area contributed by atoms with Crippen LogP contribution in [0.25, 0.3) is 0 Å². The van der Waals surface area contributed by atoms with Crippen molar-refractivity contribution >= 4 is 23.3 Å². The van der Waals surface area contributed by atoms with Crippen molar-refractivity contribution in [3.05, 3.63) is 29.3 Å². The molecule has 0 aliphatic carbocycles. The van der Waals surface area contributed by atoms with Gasteiger partial charge in [-0.1, -0.05) is 0 Å². The fourth-order valence-corrected chi connectivity index (χ4v) is 2.18. The zero-order valence-electron chi connectivity index (χ0n) is 11.7. The van der Waals surface area contributed by atoms with E-state index in [1.54, 1.807) is 14.1 Å². The van der Waals surface area contributed by atoms with Crippen LogP contribution in [0.1, 0.15) is 23.2 Å². The highest BCUT2D eigenvalue weighted by Crippen LogP contribution is 2.32. The number of anilines is 1. The summed E-state index contributed by atoms with van der Waals surface area (Å²) in [6.07, 6.45) is 0.454. The number of hydrogen-bond donors (Lipinski definition) is 0. The molecule has 0 radical (unpaired) electrons. The Labute approximate surface area is 120 Å². The van der Waals surface area contributed by atoms with Gasteiger partial charge in [0.2, 0.25) is 5.91 Å². The Morgan fingerprint density at radius 2 is 1.90 bits per heavy atom. The molecular weight excluding hydrogens is 282 g/mol. The van der Waals surface area contributed by atoms with Crippen LogP contribution in [0.4, 0.5) is 14.5 Å². The minimum Gasteiger partial charge on any atom is -0.349 e. The molecule has 7 heteroatoms. The molecule has 0 saturated heterocycles. The summed E-state index contributed by atoms with van der Waals surface area (Å²) < 4.78 is 26.9. The number of benzene rings is 1. The highest BCUT2D eigenvalue weighted by molar-refractivity contribution is 6.52. The van der Waals surface area contributed by atoms with Crippen LogP contribution >= 0.6 is 0 Å². The standard InChI is InChI=1S/C14H14F2N2O3/c1-17(2)11(19)4-3-5-18-12-9(13(20)14(18)21)6-8(15)7-10(12)16/h6-7H,3-5H2,1-2H3. The van der Waals surface area contributed by atoms with Crippen LogP contribution in [0.15, 0.2) is 12.1 Å². The predicted octanol–water partition coefficient (Wildman–Crippen LogP) is 1.36. The molecule has 21 heavy (non-hydrogen) atoms. The van der Waals surface area contributed by atoms with Crippen LogP contribution in [-0.4, -0.2) is 43.1 Å². The lowest BCUT2D eigenvalue weighted by molar-refractivity contribution is -0.128. The number of halogens is 2. The molecule has 2 amide bonds. The summed E-state index contributed by atoms with van der Waals surface area (Å²) in [6.45, 7) is 0.0275. The van der Waals surface area contributed by atoms with Gasteiger partial charge in [0.15, 0.2) is 5.82 Å². The summed E-state index contributed by atoms with van der Waals surface area (Å²) in [5.41, 5.74) is -0.472. The molecule has 1 heterocycles. The molecule has 0 N–H and O–H groups in total. The molecule has 0 spiro atoms. The molecular formula is C14H14F2N2O3. The number of carbonyl (C=O) groups is 3. The summed E-state index contributed by atoms with van der Waals surface area (Å²) in [4.78, 5) is 37.4. The van der Waals surface area contributed by atoms with E-state index in [9.17, 15) is 23.2 Å². The smallest absolute Gasteiger partial charge is 0.299 e. The number of hydrogen-bond acceptors (Lipinski definition) is 3.